The zero-order valence-electron chi connectivity index (χ0n) is 17.4. The van der Waals surface area contributed by atoms with Crippen molar-refractivity contribution in [1.82, 2.24) is 10.2 Å². The van der Waals surface area contributed by atoms with E-state index < -0.39 is 9.85 Å². The van der Waals surface area contributed by atoms with Crippen molar-refractivity contribution in [1.29, 1.82) is 0 Å². The molecular weight excluding hydrogens is 440 g/mol. The molecule has 0 amide bonds. The molecule has 12 heteroatoms. The van der Waals surface area contributed by atoms with E-state index in [9.17, 15) is 20.2 Å². The Labute approximate surface area is 192 Å². The van der Waals surface area contributed by atoms with E-state index in [1.165, 1.54) is 24.6 Å². The Hall–Kier alpha value is -5.26. The number of fused-ring (bicyclic) bond motifs is 1. The topological polar surface area (TPSA) is 161 Å². The van der Waals surface area contributed by atoms with Crippen LogP contribution in [0.25, 0.3) is 10.8 Å². The Morgan fingerprint density at radius 2 is 1.03 bits per heavy atom. The van der Waals surface area contributed by atoms with Gasteiger partial charge in [0.1, 0.15) is 0 Å². The van der Waals surface area contributed by atoms with Gasteiger partial charge in [0.15, 0.2) is 11.6 Å². The van der Waals surface area contributed by atoms with Crippen LogP contribution in [0.2, 0.25) is 0 Å². The highest BCUT2D eigenvalue weighted by Crippen LogP contribution is 2.26. The van der Waals surface area contributed by atoms with Gasteiger partial charge >= 0.3 is 0 Å². The molecule has 4 rings (SSSR count). The summed E-state index contributed by atoms with van der Waals surface area (Å²) in [5, 5.41) is 40.0. The van der Waals surface area contributed by atoms with Gasteiger partial charge in [-0.3, -0.25) is 31.1 Å². The molecule has 2 N–H and O–H groups in total. The summed E-state index contributed by atoms with van der Waals surface area (Å²) >= 11 is 0. The first-order valence-electron chi connectivity index (χ1n) is 9.85. The fourth-order valence-corrected chi connectivity index (χ4v) is 3.12. The Morgan fingerprint density at radius 3 is 1.44 bits per heavy atom. The molecule has 34 heavy (non-hydrogen) atoms. The van der Waals surface area contributed by atoms with Crippen LogP contribution < -0.4 is 10.9 Å². The molecule has 3 aromatic carbocycles. The van der Waals surface area contributed by atoms with Crippen molar-refractivity contribution < 1.29 is 9.85 Å². The molecule has 0 aliphatic carbocycles. The SMILES string of the molecule is O=[N+]([O-])c1ccccc1/C=N\Nc1nnc(N/N=C\c2ccccc2[N+](=O)[O-])c2ccccc12. The quantitative estimate of drug-likeness (QED) is 0.225. The van der Waals surface area contributed by atoms with E-state index in [0.717, 1.165) is 0 Å². The molecule has 0 bridgehead atoms. The Morgan fingerprint density at radius 1 is 0.647 bits per heavy atom. The van der Waals surface area contributed by atoms with Crippen LogP contribution in [0.1, 0.15) is 11.1 Å². The van der Waals surface area contributed by atoms with Gasteiger partial charge in [-0.15, -0.1) is 10.2 Å². The average Bonchev–Trinajstić information content (AvgIpc) is 2.85. The largest absolute Gasteiger partial charge is 0.278 e. The second-order valence-corrected chi connectivity index (χ2v) is 6.81. The second kappa shape index (κ2) is 9.91. The molecule has 0 saturated carbocycles. The van der Waals surface area contributed by atoms with Gasteiger partial charge in [-0.25, -0.2) is 0 Å². The molecule has 0 saturated heterocycles. The molecule has 0 radical (unpaired) electrons. The van der Waals surface area contributed by atoms with Crippen LogP contribution in [-0.2, 0) is 0 Å². The number of nitrogens with one attached hydrogen (secondary N) is 2. The van der Waals surface area contributed by atoms with Crippen molar-refractivity contribution in [3.05, 3.63) is 104 Å². The monoisotopic (exact) mass is 456 g/mol. The fourth-order valence-electron chi connectivity index (χ4n) is 3.12. The Kier molecular flexibility index (Phi) is 6.40. The normalized spacial score (nSPS) is 11.2. The van der Waals surface area contributed by atoms with E-state index in [4.69, 9.17) is 0 Å². The molecule has 0 aliphatic heterocycles. The number of nitro benzene ring substituents is 2. The van der Waals surface area contributed by atoms with Gasteiger partial charge in [0.2, 0.25) is 0 Å². The maximum Gasteiger partial charge on any atom is 0.278 e. The minimum Gasteiger partial charge on any atom is -0.259 e. The van der Waals surface area contributed by atoms with Crippen LogP contribution in [0, 0.1) is 20.2 Å². The van der Waals surface area contributed by atoms with Gasteiger partial charge in [-0.2, -0.15) is 10.2 Å². The van der Waals surface area contributed by atoms with Crippen molar-refractivity contribution >= 4 is 46.2 Å². The van der Waals surface area contributed by atoms with Crippen LogP contribution in [0.15, 0.2) is 83.0 Å². The number of benzene rings is 3. The van der Waals surface area contributed by atoms with E-state index in [1.54, 1.807) is 60.7 Å². The van der Waals surface area contributed by atoms with Gasteiger partial charge in [0.05, 0.1) is 33.4 Å². The van der Waals surface area contributed by atoms with Crippen molar-refractivity contribution in [3.8, 4) is 0 Å². The van der Waals surface area contributed by atoms with Crippen molar-refractivity contribution in [3.63, 3.8) is 0 Å². The number of anilines is 2. The number of hydrazone groups is 2. The molecule has 0 aliphatic rings. The molecule has 0 atom stereocenters. The molecule has 0 unspecified atom stereocenters. The molecule has 1 aromatic heterocycles. The lowest BCUT2D eigenvalue weighted by atomic mass is 10.2. The van der Waals surface area contributed by atoms with Crippen molar-refractivity contribution in [2.45, 2.75) is 0 Å². The van der Waals surface area contributed by atoms with Gasteiger partial charge in [-0.05, 0) is 12.1 Å². The smallest absolute Gasteiger partial charge is 0.259 e. The lowest BCUT2D eigenvalue weighted by Crippen LogP contribution is -2.02. The first-order chi connectivity index (χ1) is 16.5. The first-order valence-corrected chi connectivity index (χ1v) is 9.85. The highest BCUT2D eigenvalue weighted by molar-refractivity contribution is 5.99. The van der Waals surface area contributed by atoms with Crippen molar-refractivity contribution in [2.24, 2.45) is 10.2 Å². The summed E-state index contributed by atoms with van der Waals surface area (Å²) < 4.78 is 0. The highest BCUT2D eigenvalue weighted by Gasteiger charge is 2.12. The number of para-hydroxylation sites is 2. The zero-order valence-corrected chi connectivity index (χ0v) is 17.4. The van der Waals surface area contributed by atoms with E-state index in [-0.39, 0.29) is 11.4 Å². The van der Waals surface area contributed by atoms with Gasteiger partial charge in [0, 0.05) is 22.9 Å². The number of aromatic nitrogens is 2. The molecule has 1 heterocycles. The van der Waals surface area contributed by atoms with Gasteiger partial charge < -0.3 is 0 Å². The number of hydrogen-bond donors (Lipinski definition) is 2. The summed E-state index contributed by atoms with van der Waals surface area (Å²) in [7, 11) is 0. The summed E-state index contributed by atoms with van der Waals surface area (Å²) in [4.78, 5) is 21.3. The number of rotatable bonds is 8. The third-order valence-electron chi connectivity index (χ3n) is 4.70. The molecular formula is C22H16N8O4. The van der Waals surface area contributed by atoms with Gasteiger partial charge in [0.25, 0.3) is 11.4 Å². The molecule has 0 fully saturated rings. The molecule has 0 spiro atoms. The summed E-state index contributed by atoms with van der Waals surface area (Å²) in [6.07, 6.45) is 2.66. The van der Waals surface area contributed by atoms with Crippen molar-refractivity contribution in [2.75, 3.05) is 10.9 Å². The van der Waals surface area contributed by atoms with E-state index in [1.807, 2.05) is 0 Å². The third kappa shape index (κ3) is 4.80. The standard InChI is InChI=1S/C22H16N8O4/c31-29(32)19-11-5-1-7-15(19)13-23-25-21-17-9-3-4-10-18(17)22(28-27-21)26-24-14-16-8-2-6-12-20(16)30(33)34/h1-14H,(H,25,27)(H,26,28)/b23-13-,24-14-. The van der Waals surface area contributed by atoms with Crippen LogP contribution in [-0.4, -0.2) is 32.5 Å². The Bertz CT molecular complexity index is 1330. The van der Waals surface area contributed by atoms with E-state index in [0.29, 0.717) is 33.5 Å². The van der Waals surface area contributed by atoms with Crippen LogP contribution in [0.5, 0.6) is 0 Å². The second-order valence-electron chi connectivity index (χ2n) is 6.81. The van der Waals surface area contributed by atoms with E-state index in [2.05, 4.69) is 31.3 Å². The lowest BCUT2D eigenvalue weighted by molar-refractivity contribution is -0.385. The summed E-state index contributed by atoms with van der Waals surface area (Å²) in [5.74, 6) is 0.664. The van der Waals surface area contributed by atoms with Crippen LogP contribution in [0.4, 0.5) is 23.0 Å². The van der Waals surface area contributed by atoms with Crippen LogP contribution >= 0.6 is 0 Å². The number of hydrogen-bond acceptors (Lipinski definition) is 10. The lowest BCUT2D eigenvalue weighted by Gasteiger charge is -2.08. The average molecular weight is 456 g/mol. The van der Waals surface area contributed by atoms with Gasteiger partial charge in [-0.1, -0.05) is 48.5 Å². The molecule has 4 aromatic rings. The summed E-state index contributed by atoms with van der Waals surface area (Å²) in [6, 6.07) is 19.6. The van der Waals surface area contributed by atoms with Crippen LogP contribution in [0.3, 0.4) is 0 Å². The minimum absolute atomic E-state index is 0.0694. The number of nitro groups is 2. The minimum atomic E-state index is -0.485. The summed E-state index contributed by atoms with van der Waals surface area (Å²) in [6.45, 7) is 0. The molecule has 12 nitrogen and oxygen atoms in total. The van der Waals surface area contributed by atoms with E-state index >= 15 is 0 Å². The zero-order chi connectivity index (χ0) is 23.9. The Balaban J connectivity index is 1.56. The number of nitrogens with zero attached hydrogens (tertiary/aromatic N) is 6. The fraction of sp³-hybridized carbons (Fsp3) is 0. The maximum absolute atomic E-state index is 11.1. The molecule has 168 valence electrons. The predicted molar refractivity (Wildman–Crippen MR) is 128 cm³/mol. The summed E-state index contributed by atoms with van der Waals surface area (Å²) in [5.41, 5.74) is 6.05. The highest BCUT2D eigenvalue weighted by atomic mass is 16.6. The first kappa shape index (κ1) is 22.0. The predicted octanol–water partition coefficient (Wildman–Crippen LogP) is 4.34. The third-order valence-corrected chi connectivity index (χ3v) is 4.70. The maximum atomic E-state index is 11.1.